The van der Waals surface area contributed by atoms with Gasteiger partial charge in [-0.2, -0.15) is 0 Å². The lowest BCUT2D eigenvalue weighted by molar-refractivity contribution is 0.507. The summed E-state index contributed by atoms with van der Waals surface area (Å²) in [7, 11) is 0. The molecule has 1 aromatic heterocycles. The van der Waals surface area contributed by atoms with Gasteiger partial charge in [-0.15, -0.1) is 22.8 Å². The van der Waals surface area contributed by atoms with E-state index in [4.69, 9.17) is 0 Å². The summed E-state index contributed by atoms with van der Waals surface area (Å²) in [6.07, 6.45) is 0. The van der Waals surface area contributed by atoms with Crippen LogP contribution in [-0.2, 0) is 0 Å². The van der Waals surface area contributed by atoms with Crippen molar-refractivity contribution >= 4 is 62.5 Å². The van der Waals surface area contributed by atoms with E-state index in [-0.39, 0.29) is 21.1 Å². The number of hydrogen-bond acceptors (Lipinski definition) is 4. The van der Waals surface area contributed by atoms with Gasteiger partial charge in [0, 0.05) is 14.8 Å². The number of nitrogens with zero attached hydrogens (tertiary/aromatic N) is 2. The van der Waals surface area contributed by atoms with Gasteiger partial charge in [0.15, 0.2) is 22.6 Å². The van der Waals surface area contributed by atoms with Crippen LogP contribution in [-0.4, -0.2) is 15.2 Å². The zero-order valence-electron chi connectivity index (χ0n) is 12.2. The second kappa shape index (κ2) is 6.96. The van der Waals surface area contributed by atoms with Gasteiger partial charge in [-0.05, 0) is 75.3 Å². The van der Waals surface area contributed by atoms with Crippen molar-refractivity contribution in [2.45, 2.75) is 12.1 Å². The summed E-state index contributed by atoms with van der Waals surface area (Å²) in [5.41, 5.74) is 1.89. The van der Waals surface area contributed by atoms with Crippen molar-refractivity contribution in [3.63, 3.8) is 0 Å². The van der Waals surface area contributed by atoms with E-state index in [1.807, 2.05) is 25.1 Å². The second-order valence-electron chi connectivity index (χ2n) is 4.99. The molecule has 1 heterocycles. The molecule has 4 nitrogen and oxygen atoms in total. The number of nitrogens with one attached hydrogen (secondary N) is 2. The molecule has 0 spiro atoms. The summed E-state index contributed by atoms with van der Waals surface area (Å²) in [5, 5.41) is 10.9. The largest absolute Gasteiger partial charge is 0.352 e. The van der Waals surface area contributed by atoms with Crippen LogP contribution >= 0.6 is 51.1 Å². The normalized spacial score (nSPS) is 10.9. The molecule has 3 aromatic rings. The monoisotopic (exact) mass is 522 g/mol. The Bertz CT molecular complexity index is 932. The van der Waals surface area contributed by atoms with Crippen LogP contribution in [0.25, 0.3) is 11.4 Å². The highest BCUT2D eigenvalue weighted by Crippen LogP contribution is 2.37. The highest BCUT2D eigenvalue weighted by Gasteiger charge is 2.21. The number of aromatic nitrogens is 3. The van der Waals surface area contributed by atoms with Gasteiger partial charge in [0.05, 0.1) is 10.2 Å². The van der Waals surface area contributed by atoms with Crippen LogP contribution in [0.5, 0.6) is 0 Å². The number of benzene rings is 2. The number of halogens is 4. The first-order chi connectivity index (χ1) is 11.4. The third kappa shape index (κ3) is 3.42. The summed E-state index contributed by atoms with van der Waals surface area (Å²) in [4.78, 5) is 2.81. The van der Waals surface area contributed by atoms with E-state index < -0.39 is 11.6 Å². The van der Waals surface area contributed by atoms with Gasteiger partial charge < -0.3 is 10.3 Å². The smallest absolute Gasteiger partial charge is 0.185 e. The Morgan fingerprint density at radius 3 is 2.58 bits per heavy atom. The Hall–Kier alpha value is -1.20. The van der Waals surface area contributed by atoms with Crippen molar-refractivity contribution in [2.24, 2.45) is 0 Å². The van der Waals surface area contributed by atoms with Crippen LogP contribution < -0.4 is 5.32 Å². The molecule has 0 aliphatic rings. The Kier molecular flexibility index (Phi) is 5.11. The average molecular weight is 523 g/mol. The first-order valence-corrected chi connectivity index (χ1v) is 9.01. The lowest BCUT2D eigenvalue weighted by atomic mass is 10.1. The number of H-pyrrole nitrogens is 1. The van der Waals surface area contributed by atoms with E-state index in [1.54, 1.807) is 0 Å². The molecule has 9 heteroatoms. The van der Waals surface area contributed by atoms with Crippen molar-refractivity contribution in [3.8, 4) is 11.4 Å². The molecular formula is C15H10BrF2IN4S. The number of thiol groups is 1. The van der Waals surface area contributed by atoms with E-state index in [0.717, 1.165) is 9.13 Å². The fourth-order valence-electron chi connectivity index (χ4n) is 2.18. The molecule has 2 aromatic carbocycles. The van der Waals surface area contributed by atoms with Crippen molar-refractivity contribution in [2.75, 3.05) is 5.32 Å². The molecule has 0 saturated carbocycles. The van der Waals surface area contributed by atoms with Crippen molar-refractivity contribution in [1.29, 1.82) is 0 Å². The predicted octanol–water partition coefficient (Wildman–Crippen LogP) is 5.46. The van der Waals surface area contributed by atoms with Gasteiger partial charge in [-0.1, -0.05) is 0 Å². The van der Waals surface area contributed by atoms with Crippen LogP contribution in [0.15, 0.2) is 33.9 Å². The van der Waals surface area contributed by atoms with Crippen molar-refractivity contribution in [1.82, 2.24) is 15.2 Å². The number of aryl methyl sites for hydroxylation is 1. The van der Waals surface area contributed by atoms with Gasteiger partial charge in [0.1, 0.15) is 0 Å². The summed E-state index contributed by atoms with van der Waals surface area (Å²) >= 11 is 9.27. The Morgan fingerprint density at radius 1 is 1.21 bits per heavy atom. The standard InChI is InChI=1S/C15H10BrF2IN4S/c1-6-4-7(19)2-3-10(6)20-13-8(14-21-15(24)23-22-14)5-9(16)11(17)12(13)18/h2-5,20H,1H3,(H2,21,22,23,24). The van der Waals surface area contributed by atoms with E-state index >= 15 is 0 Å². The summed E-state index contributed by atoms with van der Waals surface area (Å²) in [6, 6.07) is 7.07. The lowest BCUT2D eigenvalue weighted by Crippen LogP contribution is -2.02. The summed E-state index contributed by atoms with van der Waals surface area (Å²) in [5.74, 6) is -1.70. The van der Waals surface area contributed by atoms with E-state index in [1.165, 1.54) is 6.07 Å². The number of hydrogen-bond donors (Lipinski definition) is 3. The maximum absolute atomic E-state index is 14.6. The minimum atomic E-state index is -1.01. The quantitative estimate of drug-likeness (QED) is 0.243. The molecule has 24 heavy (non-hydrogen) atoms. The highest BCUT2D eigenvalue weighted by atomic mass is 127. The Morgan fingerprint density at radius 2 is 1.96 bits per heavy atom. The Balaban J connectivity index is 2.16. The third-order valence-electron chi connectivity index (χ3n) is 3.34. The molecule has 0 radical (unpaired) electrons. The number of rotatable bonds is 3. The van der Waals surface area contributed by atoms with Crippen LogP contribution in [0.2, 0.25) is 0 Å². The van der Waals surface area contributed by atoms with Gasteiger partial charge in [0.25, 0.3) is 0 Å². The average Bonchev–Trinajstić information content (AvgIpc) is 2.96. The van der Waals surface area contributed by atoms with Crippen LogP contribution in [0.1, 0.15) is 5.56 Å². The number of anilines is 2. The minimum absolute atomic E-state index is 0.00278. The second-order valence-corrected chi connectivity index (χ2v) is 7.51. The number of aromatic amines is 1. The minimum Gasteiger partial charge on any atom is -0.352 e. The molecule has 0 saturated heterocycles. The lowest BCUT2D eigenvalue weighted by Gasteiger charge is -2.15. The zero-order valence-corrected chi connectivity index (χ0v) is 16.8. The molecule has 2 N–H and O–H groups in total. The van der Waals surface area contributed by atoms with E-state index in [2.05, 4.69) is 71.6 Å². The maximum atomic E-state index is 14.6. The van der Waals surface area contributed by atoms with Crippen LogP contribution in [0.4, 0.5) is 20.2 Å². The summed E-state index contributed by atoms with van der Waals surface area (Å²) in [6.45, 7) is 1.89. The molecule has 3 rings (SSSR count). The molecule has 0 unspecified atom stereocenters. The van der Waals surface area contributed by atoms with E-state index in [0.29, 0.717) is 11.3 Å². The molecule has 0 atom stereocenters. The molecule has 0 aliphatic heterocycles. The van der Waals surface area contributed by atoms with Crippen LogP contribution in [0, 0.1) is 22.1 Å². The van der Waals surface area contributed by atoms with Crippen molar-refractivity contribution < 1.29 is 8.78 Å². The molecule has 124 valence electrons. The molecule has 0 aliphatic carbocycles. The van der Waals surface area contributed by atoms with Gasteiger partial charge >= 0.3 is 0 Å². The molecule has 0 amide bonds. The third-order valence-corrected chi connectivity index (χ3v) is 4.79. The van der Waals surface area contributed by atoms with Gasteiger partial charge in [-0.25, -0.2) is 8.78 Å². The topological polar surface area (TPSA) is 53.6 Å². The van der Waals surface area contributed by atoms with E-state index in [9.17, 15) is 8.78 Å². The maximum Gasteiger partial charge on any atom is 0.185 e. The molecule has 0 bridgehead atoms. The molecule has 0 fully saturated rings. The Labute approximate surface area is 164 Å². The fourth-order valence-corrected chi connectivity index (χ4v) is 3.38. The fraction of sp³-hybridized carbons (Fsp3) is 0.0667. The zero-order chi connectivity index (χ0) is 17.4. The van der Waals surface area contributed by atoms with Gasteiger partial charge in [0.2, 0.25) is 0 Å². The van der Waals surface area contributed by atoms with Crippen LogP contribution in [0.3, 0.4) is 0 Å². The van der Waals surface area contributed by atoms with Gasteiger partial charge in [-0.3, -0.25) is 0 Å². The summed E-state index contributed by atoms with van der Waals surface area (Å²) < 4.78 is 29.6. The predicted molar refractivity (Wildman–Crippen MR) is 104 cm³/mol. The first kappa shape index (κ1) is 17.6. The molecular weight excluding hydrogens is 513 g/mol. The van der Waals surface area contributed by atoms with Crippen molar-refractivity contribution in [3.05, 3.63) is 49.5 Å². The highest BCUT2D eigenvalue weighted by molar-refractivity contribution is 14.1. The SMILES string of the molecule is Cc1cc(I)ccc1Nc1c(-c2nnc(S)[nH]2)cc(Br)c(F)c1F. The first-order valence-electron chi connectivity index (χ1n) is 6.69.